The maximum absolute atomic E-state index is 10.7. The Balaban J connectivity index is 1.94. The lowest BCUT2D eigenvalue weighted by molar-refractivity contribution is 0.139. The van der Waals surface area contributed by atoms with Crippen molar-refractivity contribution in [3.63, 3.8) is 0 Å². The van der Waals surface area contributed by atoms with E-state index in [1.807, 2.05) is 68.7 Å². The van der Waals surface area contributed by atoms with Crippen LogP contribution in [0.3, 0.4) is 0 Å². The van der Waals surface area contributed by atoms with Crippen molar-refractivity contribution in [3.05, 3.63) is 65.2 Å². The SMILES string of the molecule is CN(C)CCCNC(O)c1cc(-c2ccccc2)nc2cc(Cl)ccc12. The quantitative estimate of drug-likeness (QED) is 0.486. The molecule has 0 fully saturated rings. The molecule has 2 N–H and O–H groups in total. The van der Waals surface area contributed by atoms with E-state index in [2.05, 4.69) is 10.2 Å². The predicted molar refractivity (Wildman–Crippen MR) is 108 cm³/mol. The fourth-order valence-electron chi connectivity index (χ4n) is 2.96. The monoisotopic (exact) mass is 369 g/mol. The average molecular weight is 370 g/mol. The molecule has 0 bridgehead atoms. The molecule has 0 amide bonds. The number of aliphatic hydroxyl groups excluding tert-OH is 1. The van der Waals surface area contributed by atoms with Crippen molar-refractivity contribution in [2.24, 2.45) is 0 Å². The van der Waals surface area contributed by atoms with Gasteiger partial charge in [-0.25, -0.2) is 4.98 Å². The summed E-state index contributed by atoms with van der Waals surface area (Å²) in [5.41, 5.74) is 3.43. The summed E-state index contributed by atoms with van der Waals surface area (Å²) < 4.78 is 0. The molecular weight excluding hydrogens is 346 g/mol. The van der Waals surface area contributed by atoms with E-state index in [1.54, 1.807) is 0 Å². The molecule has 1 heterocycles. The molecule has 136 valence electrons. The van der Waals surface area contributed by atoms with E-state index >= 15 is 0 Å². The molecule has 5 heteroatoms. The minimum Gasteiger partial charge on any atom is -0.374 e. The van der Waals surface area contributed by atoms with Crippen LogP contribution in [0.25, 0.3) is 22.2 Å². The van der Waals surface area contributed by atoms with Crippen LogP contribution in [0, 0.1) is 0 Å². The van der Waals surface area contributed by atoms with Crippen LogP contribution in [0.15, 0.2) is 54.6 Å². The zero-order valence-electron chi connectivity index (χ0n) is 15.1. The third-order valence-electron chi connectivity index (χ3n) is 4.29. The molecule has 0 aliphatic carbocycles. The zero-order chi connectivity index (χ0) is 18.5. The molecule has 3 aromatic rings. The molecule has 4 nitrogen and oxygen atoms in total. The molecule has 0 spiro atoms. The van der Waals surface area contributed by atoms with Crippen molar-refractivity contribution < 1.29 is 5.11 Å². The maximum atomic E-state index is 10.7. The van der Waals surface area contributed by atoms with Gasteiger partial charge >= 0.3 is 0 Å². The van der Waals surface area contributed by atoms with Crippen molar-refractivity contribution in [2.45, 2.75) is 12.6 Å². The first-order chi connectivity index (χ1) is 12.5. The molecule has 1 unspecified atom stereocenters. The van der Waals surface area contributed by atoms with Crippen LogP contribution >= 0.6 is 11.6 Å². The number of benzene rings is 2. The first-order valence-corrected chi connectivity index (χ1v) is 9.14. The van der Waals surface area contributed by atoms with Crippen molar-refractivity contribution in [1.82, 2.24) is 15.2 Å². The average Bonchev–Trinajstić information content (AvgIpc) is 2.64. The summed E-state index contributed by atoms with van der Waals surface area (Å²) >= 11 is 6.16. The van der Waals surface area contributed by atoms with Crippen LogP contribution < -0.4 is 5.32 Å². The van der Waals surface area contributed by atoms with Crippen LogP contribution in [0.1, 0.15) is 18.2 Å². The Labute approximate surface area is 159 Å². The van der Waals surface area contributed by atoms with Crippen molar-refractivity contribution in [1.29, 1.82) is 0 Å². The molecule has 0 saturated heterocycles. The Morgan fingerprint density at radius 1 is 1.12 bits per heavy atom. The molecular formula is C21H24ClN3O. The largest absolute Gasteiger partial charge is 0.374 e. The zero-order valence-corrected chi connectivity index (χ0v) is 15.9. The van der Waals surface area contributed by atoms with Gasteiger partial charge < -0.3 is 10.0 Å². The lowest BCUT2D eigenvalue weighted by Gasteiger charge is -2.18. The second-order valence-corrected chi connectivity index (χ2v) is 7.07. The number of nitrogens with one attached hydrogen (secondary N) is 1. The predicted octanol–water partition coefficient (Wildman–Crippen LogP) is 4.09. The second-order valence-electron chi connectivity index (χ2n) is 6.64. The second kappa shape index (κ2) is 8.60. The highest BCUT2D eigenvalue weighted by Gasteiger charge is 2.14. The fourth-order valence-corrected chi connectivity index (χ4v) is 3.12. The minimum absolute atomic E-state index is 0.634. The van der Waals surface area contributed by atoms with Gasteiger partial charge in [0.2, 0.25) is 0 Å². The maximum Gasteiger partial charge on any atom is 0.131 e. The molecule has 0 aliphatic rings. The number of hydrogen-bond donors (Lipinski definition) is 2. The van der Waals surface area contributed by atoms with Gasteiger partial charge in [-0.1, -0.05) is 48.0 Å². The van der Waals surface area contributed by atoms with Gasteiger partial charge in [-0.05, 0) is 51.8 Å². The van der Waals surface area contributed by atoms with Gasteiger partial charge in [0, 0.05) is 21.5 Å². The topological polar surface area (TPSA) is 48.4 Å². The minimum atomic E-state index is -0.758. The Morgan fingerprint density at radius 2 is 1.88 bits per heavy atom. The van der Waals surface area contributed by atoms with E-state index in [4.69, 9.17) is 16.6 Å². The van der Waals surface area contributed by atoms with Gasteiger partial charge in [-0.15, -0.1) is 0 Å². The van der Waals surface area contributed by atoms with Gasteiger partial charge in [-0.2, -0.15) is 0 Å². The Hall–Kier alpha value is -1.98. The third kappa shape index (κ3) is 4.59. The molecule has 3 rings (SSSR count). The van der Waals surface area contributed by atoms with E-state index in [0.717, 1.165) is 47.2 Å². The lowest BCUT2D eigenvalue weighted by atomic mass is 10.0. The number of fused-ring (bicyclic) bond motifs is 1. The first-order valence-electron chi connectivity index (χ1n) is 8.76. The number of halogens is 1. The molecule has 0 saturated carbocycles. The summed E-state index contributed by atoms with van der Waals surface area (Å²) in [6.45, 7) is 1.71. The van der Waals surface area contributed by atoms with E-state index in [0.29, 0.717) is 5.02 Å². The normalized spacial score (nSPS) is 12.7. The molecule has 1 atom stereocenters. The van der Waals surface area contributed by atoms with E-state index in [-0.39, 0.29) is 0 Å². The lowest BCUT2D eigenvalue weighted by Crippen LogP contribution is -2.25. The third-order valence-corrected chi connectivity index (χ3v) is 4.52. The van der Waals surface area contributed by atoms with Gasteiger partial charge in [0.15, 0.2) is 0 Å². The standard InChI is InChI=1S/C21H24ClN3O/c1-25(2)12-6-11-23-21(26)18-14-19(15-7-4-3-5-8-15)24-20-13-16(22)9-10-17(18)20/h3-5,7-10,13-14,21,23,26H,6,11-12H2,1-2H3. The number of rotatable bonds is 7. The summed E-state index contributed by atoms with van der Waals surface area (Å²) in [6, 6.07) is 17.5. The van der Waals surface area contributed by atoms with Crippen LogP contribution in [0.5, 0.6) is 0 Å². The van der Waals surface area contributed by atoms with E-state index in [1.165, 1.54) is 0 Å². The number of aromatic nitrogens is 1. The highest BCUT2D eigenvalue weighted by atomic mass is 35.5. The van der Waals surface area contributed by atoms with Gasteiger partial charge in [0.1, 0.15) is 6.23 Å². The number of aliphatic hydroxyl groups is 1. The van der Waals surface area contributed by atoms with Crippen LogP contribution in [0.4, 0.5) is 0 Å². The number of hydrogen-bond acceptors (Lipinski definition) is 4. The summed E-state index contributed by atoms with van der Waals surface area (Å²) in [5.74, 6) is 0. The van der Waals surface area contributed by atoms with Crippen molar-refractivity contribution in [3.8, 4) is 11.3 Å². The fraction of sp³-hybridized carbons (Fsp3) is 0.286. The van der Waals surface area contributed by atoms with Crippen molar-refractivity contribution >= 4 is 22.5 Å². The summed E-state index contributed by atoms with van der Waals surface area (Å²) in [7, 11) is 4.09. The molecule has 2 aromatic carbocycles. The van der Waals surface area contributed by atoms with Gasteiger partial charge in [0.05, 0.1) is 11.2 Å². The molecule has 0 aliphatic heterocycles. The molecule has 1 aromatic heterocycles. The highest BCUT2D eigenvalue weighted by molar-refractivity contribution is 6.31. The van der Waals surface area contributed by atoms with Crippen LogP contribution in [0.2, 0.25) is 5.02 Å². The smallest absolute Gasteiger partial charge is 0.131 e. The van der Waals surface area contributed by atoms with Crippen LogP contribution in [-0.2, 0) is 0 Å². The Kier molecular flexibility index (Phi) is 6.22. The van der Waals surface area contributed by atoms with Crippen LogP contribution in [-0.4, -0.2) is 42.2 Å². The summed E-state index contributed by atoms with van der Waals surface area (Å²) in [5, 5.41) is 15.5. The first kappa shape index (κ1) is 18.8. The molecule has 0 radical (unpaired) electrons. The Bertz CT molecular complexity index is 868. The van der Waals surface area contributed by atoms with Gasteiger partial charge in [-0.3, -0.25) is 5.32 Å². The van der Waals surface area contributed by atoms with E-state index in [9.17, 15) is 5.11 Å². The number of pyridine rings is 1. The number of nitrogens with zero attached hydrogens (tertiary/aromatic N) is 2. The summed E-state index contributed by atoms with van der Waals surface area (Å²) in [6.07, 6.45) is 0.205. The summed E-state index contributed by atoms with van der Waals surface area (Å²) in [4.78, 5) is 6.87. The van der Waals surface area contributed by atoms with Gasteiger partial charge in [0.25, 0.3) is 0 Å². The van der Waals surface area contributed by atoms with Crippen molar-refractivity contribution in [2.75, 3.05) is 27.2 Å². The highest BCUT2D eigenvalue weighted by Crippen LogP contribution is 2.29. The molecule has 26 heavy (non-hydrogen) atoms. The Morgan fingerprint density at radius 3 is 2.62 bits per heavy atom. The van der Waals surface area contributed by atoms with E-state index < -0.39 is 6.23 Å².